The van der Waals surface area contributed by atoms with E-state index < -0.39 is 12.3 Å². The number of carbonyl (C=O) groups excluding carboxylic acids is 1. The predicted molar refractivity (Wildman–Crippen MR) is 289 cm³/mol. The minimum absolute atomic E-state index is 0.0551. The number of piperidine rings is 3. The number of nitrogens with zero attached hydrogens (tertiary/aromatic N) is 7. The number of hydrogen-bond donors (Lipinski definition) is 3. The van der Waals surface area contributed by atoms with Gasteiger partial charge in [-0.2, -0.15) is 0 Å². The van der Waals surface area contributed by atoms with Gasteiger partial charge in [0.25, 0.3) is 11.5 Å². The first kappa shape index (κ1) is 51.2. The third-order valence-corrected chi connectivity index (χ3v) is 18.1. The first-order valence-electron chi connectivity index (χ1n) is 27.8. The molecule has 16 heteroatoms. The van der Waals surface area contributed by atoms with E-state index in [1.54, 1.807) is 22.2 Å². The summed E-state index contributed by atoms with van der Waals surface area (Å²) in [4.78, 5) is 60.2. The molecule has 0 radical (unpaired) electrons. The number of amides is 1. The molecule has 0 spiro atoms. The number of fused-ring (bicyclic) bond motifs is 1. The fourth-order valence-corrected chi connectivity index (χ4v) is 13.6. The topological polar surface area (TPSA) is 140 Å². The van der Waals surface area contributed by atoms with E-state index in [1.165, 1.54) is 22.3 Å². The Morgan fingerprint density at radius 1 is 0.933 bits per heavy atom. The Morgan fingerprint density at radius 3 is 2.39 bits per heavy atom. The smallest absolute Gasteiger partial charge is 0.329 e. The summed E-state index contributed by atoms with van der Waals surface area (Å²) in [6, 6.07) is 9.99. The monoisotopic (exact) mass is 1030 g/mol. The van der Waals surface area contributed by atoms with Gasteiger partial charge in [0.05, 0.1) is 16.7 Å². The van der Waals surface area contributed by atoms with Crippen LogP contribution in [0, 0.1) is 41.2 Å². The highest BCUT2D eigenvalue weighted by molar-refractivity contribution is 5.95. The van der Waals surface area contributed by atoms with Crippen molar-refractivity contribution in [3.63, 3.8) is 0 Å². The van der Waals surface area contributed by atoms with Crippen molar-refractivity contribution in [3.05, 3.63) is 137 Å². The van der Waals surface area contributed by atoms with Crippen molar-refractivity contribution in [1.82, 2.24) is 33.7 Å². The number of aliphatic hydroxyl groups excluding tert-OH is 1. The number of imidazole rings is 1. The highest BCUT2D eigenvalue weighted by Crippen LogP contribution is 2.42. The van der Waals surface area contributed by atoms with Gasteiger partial charge in [-0.25, -0.2) is 13.6 Å². The van der Waals surface area contributed by atoms with Crippen molar-refractivity contribution in [2.75, 3.05) is 58.2 Å². The molecule has 75 heavy (non-hydrogen) atoms. The summed E-state index contributed by atoms with van der Waals surface area (Å²) in [5.41, 5.74) is 9.27. The van der Waals surface area contributed by atoms with Gasteiger partial charge < -0.3 is 25.5 Å². The van der Waals surface area contributed by atoms with E-state index in [9.17, 15) is 24.4 Å². The Labute approximate surface area is 438 Å². The second kappa shape index (κ2) is 20.5. The molecular formula is C59H74F2N9O5+. The maximum absolute atomic E-state index is 16.2. The lowest BCUT2D eigenvalue weighted by atomic mass is 9.85. The van der Waals surface area contributed by atoms with Crippen molar-refractivity contribution >= 4 is 33.9 Å². The van der Waals surface area contributed by atoms with Crippen LogP contribution >= 0.6 is 0 Å². The number of hydrogen-bond acceptors (Lipinski definition) is 9. The highest BCUT2D eigenvalue weighted by atomic mass is 19.1. The normalized spacial score (nSPS) is 26.5. The van der Waals surface area contributed by atoms with Crippen LogP contribution in [0.4, 0.5) is 14.5 Å². The standard InChI is InChI=1S/C59H73F2N9O5/c1-34-24-43(28-49(61)55(34)41-14-21-64(22-15-41)38(5)46-31-47-51(25-35(2)63-56(47)37(46)4)67-23-16-44(62-6)30-54(67)71)57(72)65-18-11-39(12-19-65)33-66-20-13-40(26-36(66)3)27-42-29-52-53(32-48(42)60)70(59(74)69(52)45-9-10-45)50-8-7-17-68(75)58(50)73/h14,16,23-25,28-32,35-40,45,50,58,63,73H,7-13,15,17-22,26-27,33H2,1-6H3/p+1/t35?,36?,37?,38-,40?,50?,58?/m0/s1. The molecule has 1 saturated carbocycles. The number of nitrogens with one attached hydrogen (secondary N) is 2. The van der Waals surface area contributed by atoms with Gasteiger partial charge in [-0.1, -0.05) is 13.0 Å². The molecule has 1 amide bonds. The number of aromatic nitrogens is 3. The van der Waals surface area contributed by atoms with Crippen LogP contribution in [0.3, 0.4) is 0 Å². The largest absolute Gasteiger partial charge is 0.388 e. The van der Waals surface area contributed by atoms with Gasteiger partial charge in [0, 0.05) is 132 Å². The molecule has 7 atom stereocenters. The molecule has 11 rings (SSSR count). The van der Waals surface area contributed by atoms with Crippen molar-refractivity contribution < 1.29 is 23.4 Å². The zero-order valence-corrected chi connectivity index (χ0v) is 44.5. The summed E-state index contributed by atoms with van der Waals surface area (Å²) in [5.74, 6) is 0.0414. The van der Waals surface area contributed by atoms with E-state index in [-0.39, 0.29) is 65.3 Å². The number of aryl methyl sites for hydroxylation is 1. The summed E-state index contributed by atoms with van der Waals surface area (Å²) in [6.45, 7) is 15.5. The molecule has 2 aromatic heterocycles. The molecule has 7 aliphatic rings. The lowest BCUT2D eigenvalue weighted by Crippen LogP contribution is -2.46. The van der Waals surface area contributed by atoms with Gasteiger partial charge >= 0.3 is 11.9 Å². The number of carbonyl (C=O) groups is 1. The Bertz CT molecular complexity index is 3170. The maximum atomic E-state index is 16.2. The first-order valence-corrected chi connectivity index (χ1v) is 27.8. The Kier molecular flexibility index (Phi) is 14.0. The number of rotatable bonds is 12. The van der Waals surface area contributed by atoms with Crippen molar-refractivity contribution in [1.29, 1.82) is 0 Å². The van der Waals surface area contributed by atoms with Crippen LogP contribution < -0.4 is 21.9 Å². The first-order chi connectivity index (χ1) is 36.1. The minimum atomic E-state index is -1.34. The molecule has 398 valence electrons. The summed E-state index contributed by atoms with van der Waals surface area (Å²) in [7, 11) is 1.81. The molecule has 6 unspecified atom stereocenters. The summed E-state index contributed by atoms with van der Waals surface area (Å²) in [6.07, 6.45) is 14.7. The third kappa shape index (κ3) is 9.68. The summed E-state index contributed by atoms with van der Waals surface area (Å²) < 4.78 is 37.9. The van der Waals surface area contributed by atoms with Crippen LogP contribution in [-0.2, 0) is 6.42 Å². The van der Waals surface area contributed by atoms with Crippen LogP contribution in [0.5, 0.6) is 0 Å². The number of allylic oxidation sites excluding steroid dienone is 4. The van der Waals surface area contributed by atoms with Crippen LogP contribution in [0.1, 0.15) is 125 Å². The van der Waals surface area contributed by atoms with E-state index >= 15 is 8.78 Å². The molecule has 3 N–H and O–H groups in total. The van der Waals surface area contributed by atoms with E-state index in [0.717, 1.165) is 92.0 Å². The number of halogens is 2. The number of anilines is 1. The number of benzene rings is 2. The quantitative estimate of drug-likeness (QED) is 0.120. The van der Waals surface area contributed by atoms with Crippen LogP contribution in [-0.4, -0.2) is 121 Å². The third-order valence-electron chi connectivity index (χ3n) is 18.1. The zero-order chi connectivity index (χ0) is 52.6. The molecule has 7 heterocycles. The fraction of sp³-hybridized carbons (Fsp3) is 0.542. The minimum Gasteiger partial charge on any atom is -0.388 e. The van der Waals surface area contributed by atoms with Gasteiger partial charge in [-0.3, -0.25) is 28.2 Å². The molecule has 2 aliphatic carbocycles. The molecule has 0 bridgehead atoms. The average molecular weight is 1030 g/mol. The van der Waals surface area contributed by atoms with Gasteiger partial charge in [-0.15, -0.1) is 0 Å². The molecular weight excluding hydrogens is 953 g/mol. The summed E-state index contributed by atoms with van der Waals surface area (Å²) >= 11 is 0. The van der Waals surface area contributed by atoms with Gasteiger partial charge in [0.1, 0.15) is 17.7 Å². The molecule has 5 aliphatic heterocycles. The fourth-order valence-electron chi connectivity index (χ4n) is 13.6. The zero-order valence-electron chi connectivity index (χ0n) is 44.5. The average Bonchev–Trinajstić information content (AvgIpc) is 4.14. The maximum Gasteiger partial charge on any atom is 0.329 e. The van der Waals surface area contributed by atoms with E-state index in [1.807, 2.05) is 36.2 Å². The molecule has 4 aromatic rings. The SMILES string of the molecule is CNc1ccn(C2=CC(C)NC3=C2C=C([C@H](C)N2CC=C(c4c(C)cc(C(=O)N5CCC(CN6CCC(Cc7cc8c(cc7F)n(C7CCC[N+](=O)C7O)c(=O)n8C7CC7)CC6C)CC5)cc4F)CC2)C3C)c(=O)c1. The Morgan fingerprint density at radius 2 is 1.69 bits per heavy atom. The molecule has 2 aromatic carbocycles. The van der Waals surface area contributed by atoms with Gasteiger partial charge in [0.15, 0.2) is 6.54 Å². The number of nitroso groups, excluding NO2 is 1. The second-order valence-electron chi connectivity index (χ2n) is 23.0. The van der Waals surface area contributed by atoms with E-state index in [2.05, 4.69) is 66.4 Å². The van der Waals surface area contributed by atoms with Gasteiger partial charge in [-0.05, 0) is 163 Å². The van der Waals surface area contributed by atoms with E-state index in [0.29, 0.717) is 89.8 Å². The lowest BCUT2D eigenvalue weighted by molar-refractivity contribution is -0.643. The highest BCUT2D eigenvalue weighted by Gasteiger charge is 2.42. The van der Waals surface area contributed by atoms with Gasteiger partial charge in [0.2, 0.25) is 0 Å². The van der Waals surface area contributed by atoms with E-state index in [4.69, 9.17) is 0 Å². The number of pyridine rings is 1. The van der Waals surface area contributed by atoms with Crippen LogP contribution in [0.15, 0.2) is 87.3 Å². The second-order valence-corrected chi connectivity index (χ2v) is 23.0. The Hall–Kier alpha value is -5.97. The predicted octanol–water partition coefficient (Wildman–Crippen LogP) is 8.40. The number of aliphatic hydroxyl groups is 1. The molecule has 14 nitrogen and oxygen atoms in total. The molecule has 4 fully saturated rings. The van der Waals surface area contributed by atoms with Crippen LogP contribution in [0.2, 0.25) is 0 Å². The van der Waals surface area contributed by atoms with Crippen molar-refractivity contribution in [3.8, 4) is 0 Å². The van der Waals surface area contributed by atoms with Crippen molar-refractivity contribution in [2.24, 2.45) is 17.8 Å². The number of likely N-dealkylation sites (tertiary alicyclic amines) is 2. The number of dihydropyridines is 1. The lowest BCUT2D eigenvalue weighted by Gasteiger charge is -2.41. The summed E-state index contributed by atoms with van der Waals surface area (Å²) in [5, 5.41) is 17.5. The Balaban J connectivity index is 0.677. The molecule has 3 saturated heterocycles. The van der Waals surface area contributed by atoms with Crippen LogP contribution in [0.25, 0.3) is 22.3 Å². The van der Waals surface area contributed by atoms with Crippen molar-refractivity contribution in [2.45, 2.75) is 135 Å².